The zero-order valence-electron chi connectivity index (χ0n) is 11.5. The van der Waals surface area contributed by atoms with Gasteiger partial charge in [0, 0.05) is 11.6 Å². The van der Waals surface area contributed by atoms with Crippen molar-refractivity contribution in [3.8, 4) is 0 Å². The van der Waals surface area contributed by atoms with Crippen LogP contribution in [0.25, 0.3) is 0 Å². The summed E-state index contributed by atoms with van der Waals surface area (Å²) >= 11 is 3.02. The van der Waals surface area contributed by atoms with Gasteiger partial charge in [-0.3, -0.25) is 14.9 Å². The van der Waals surface area contributed by atoms with Gasteiger partial charge >= 0.3 is 5.97 Å². The van der Waals surface area contributed by atoms with Crippen LogP contribution < -0.4 is 5.32 Å². The molecule has 0 spiro atoms. The fourth-order valence-electron chi connectivity index (χ4n) is 1.70. The monoisotopic (exact) mass is 358 g/mol. The number of carboxylic acids is 1. The van der Waals surface area contributed by atoms with Crippen LogP contribution in [0.4, 0.5) is 5.69 Å². The Labute approximate surface area is 129 Å². The number of nitro groups is 1. The van der Waals surface area contributed by atoms with Crippen molar-refractivity contribution >= 4 is 33.5 Å². The standard InChI is InChI=1S/C13H15BrN2O5/c1-3-7(2)11(13(18)19)15-12(17)8-4-5-9(14)10(6-8)16(20)21/h4-7,11H,3H2,1-2H3,(H,15,17)(H,18,19). The number of benzene rings is 1. The van der Waals surface area contributed by atoms with Gasteiger partial charge in [0.15, 0.2) is 0 Å². The summed E-state index contributed by atoms with van der Waals surface area (Å²) in [7, 11) is 0. The second-order valence-corrected chi connectivity index (χ2v) is 5.45. The number of carboxylic acid groups (broad SMARTS) is 1. The Hall–Kier alpha value is -1.96. The molecule has 114 valence electrons. The highest BCUT2D eigenvalue weighted by atomic mass is 79.9. The van der Waals surface area contributed by atoms with Crippen LogP contribution in [0, 0.1) is 16.0 Å². The molecule has 0 heterocycles. The Kier molecular flexibility index (Phi) is 5.83. The third-order valence-corrected chi connectivity index (χ3v) is 3.84. The highest BCUT2D eigenvalue weighted by molar-refractivity contribution is 9.10. The molecule has 8 heteroatoms. The number of aliphatic carboxylic acids is 1. The van der Waals surface area contributed by atoms with Crippen molar-refractivity contribution in [2.75, 3.05) is 0 Å². The summed E-state index contributed by atoms with van der Waals surface area (Å²) in [4.78, 5) is 33.4. The first-order valence-corrected chi connectivity index (χ1v) is 7.04. The first kappa shape index (κ1) is 17.1. The van der Waals surface area contributed by atoms with Gasteiger partial charge in [0.05, 0.1) is 9.40 Å². The molecule has 0 aliphatic rings. The Morgan fingerprint density at radius 3 is 2.57 bits per heavy atom. The molecule has 0 aliphatic heterocycles. The number of carbonyl (C=O) groups excluding carboxylic acids is 1. The number of halogens is 1. The van der Waals surface area contributed by atoms with Gasteiger partial charge in [-0.2, -0.15) is 0 Å². The third-order valence-electron chi connectivity index (χ3n) is 3.17. The molecule has 0 saturated carbocycles. The van der Waals surface area contributed by atoms with Gasteiger partial charge in [0.25, 0.3) is 11.6 Å². The molecule has 0 radical (unpaired) electrons. The maximum absolute atomic E-state index is 12.1. The summed E-state index contributed by atoms with van der Waals surface area (Å²) in [6, 6.07) is 2.84. The number of nitrogens with one attached hydrogen (secondary N) is 1. The number of rotatable bonds is 6. The number of hydrogen-bond donors (Lipinski definition) is 2. The van der Waals surface area contributed by atoms with Crippen LogP contribution >= 0.6 is 15.9 Å². The van der Waals surface area contributed by atoms with E-state index in [4.69, 9.17) is 5.11 Å². The quantitative estimate of drug-likeness (QED) is 0.599. The van der Waals surface area contributed by atoms with Crippen LogP contribution in [0.3, 0.4) is 0 Å². The lowest BCUT2D eigenvalue weighted by Gasteiger charge is -2.20. The van der Waals surface area contributed by atoms with Crippen LogP contribution in [0.5, 0.6) is 0 Å². The van der Waals surface area contributed by atoms with Crippen molar-refractivity contribution < 1.29 is 19.6 Å². The highest BCUT2D eigenvalue weighted by Crippen LogP contribution is 2.25. The van der Waals surface area contributed by atoms with E-state index in [1.807, 2.05) is 6.92 Å². The van der Waals surface area contributed by atoms with Crippen LogP contribution in [0.2, 0.25) is 0 Å². The minimum Gasteiger partial charge on any atom is -0.480 e. The molecule has 0 bridgehead atoms. The van der Waals surface area contributed by atoms with Gasteiger partial charge in [-0.05, 0) is 34.0 Å². The second kappa shape index (κ2) is 7.16. The van der Waals surface area contributed by atoms with E-state index in [1.54, 1.807) is 6.92 Å². The average molecular weight is 359 g/mol. The van der Waals surface area contributed by atoms with Gasteiger partial charge in [0.1, 0.15) is 6.04 Å². The molecule has 1 aromatic carbocycles. The van der Waals surface area contributed by atoms with Crippen molar-refractivity contribution in [3.63, 3.8) is 0 Å². The van der Waals surface area contributed by atoms with Gasteiger partial charge in [-0.25, -0.2) is 4.79 Å². The summed E-state index contributed by atoms with van der Waals surface area (Å²) in [6.07, 6.45) is 0.581. The van der Waals surface area contributed by atoms with Gasteiger partial charge in [-0.1, -0.05) is 20.3 Å². The zero-order chi connectivity index (χ0) is 16.2. The van der Waals surface area contributed by atoms with E-state index < -0.39 is 22.8 Å². The van der Waals surface area contributed by atoms with Gasteiger partial charge in [0.2, 0.25) is 0 Å². The SMILES string of the molecule is CCC(C)C(NC(=O)c1ccc(Br)c([N+](=O)[O-])c1)C(=O)O. The Morgan fingerprint density at radius 1 is 1.48 bits per heavy atom. The molecule has 7 nitrogen and oxygen atoms in total. The second-order valence-electron chi connectivity index (χ2n) is 4.60. The molecule has 0 saturated heterocycles. The molecule has 0 aliphatic carbocycles. The van der Waals surface area contributed by atoms with E-state index >= 15 is 0 Å². The van der Waals surface area contributed by atoms with Crippen molar-refractivity contribution in [2.45, 2.75) is 26.3 Å². The molecule has 2 unspecified atom stereocenters. The molecule has 1 aromatic rings. The molecule has 0 fully saturated rings. The zero-order valence-corrected chi connectivity index (χ0v) is 13.1. The van der Waals surface area contributed by atoms with E-state index in [2.05, 4.69) is 21.2 Å². The molecule has 1 rings (SSSR count). The number of amides is 1. The molecule has 21 heavy (non-hydrogen) atoms. The van der Waals surface area contributed by atoms with Gasteiger partial charge < -0.3 is 10.4 Å². The van der Waals surface area contributed by atoms with Crippen molar-refractivity contribution in [1.29, 1.82) is 0 Å². The minimum atomic E-state index is -1.13. The maximum Gasteiger partial charge on any atom is 0.326 e. The highest BCUT2D eigenvalue weighted by Gasteiger charge is 2.26. The number of nitrogens with zero attached hydrogens (tertiary/aromatic N) is 1. The van der Waals surface area contributed by atoms with E-state index in [1.165, 1.54) is 12.1 Å². The molecule has 1 amide bonds. The lowest BCUT2D eigenvalue weighted by molar-refractivity contribution is -0.385. The maximum atomic E-state index is 12.1. The van der Waals surface area contributed by atoms with E-state index in [-0.39, 0.29) is 21.6 Å². The molecule has 2 atom stereocenters. The van der Waals surface area contributed by atoms with Crippen LogP contribution in [-0.2, 0) is 4.79 Å². The number of hydrogen-bond acceptors (Lipinski definition) is 4. The molecular weight excluding hydrogens is 344 g/mol. The molecular formula is C13H15BrN2O5. The topological polar surface area (TPSA) is 110 Å². The predicted octanol–water partition coefficient (Wildman–Crippen LogP) is 2.59. The summed E-state index contributed by atoms with van der Waals surface area (Å²) in [5.74, 6) is -2.04. The Morgan fingerprint density at radius 2 is 2.10 bits per heavy atom. The van der Waals surface area contributed by atoms with E-state index in [0.717, 1.165) is 6.07 Å². The Bertz CT molecular complexity index is 576. The van der Waals surface area contributed by atoms with E-state index in [0.29, 0.717) is 6.42 Å². The smallest absolute Gasteiger partial charge is 0.326 e. The largest absolute Gasteiger partial charge is 0.480 e. The number of carbonyl (C=O) groups is 2. The number of nitro benzene ring substituents is 1. The molecule has 2 N–H and O–H groups in total. The minimum absolute atomic E-state index is 0.0412. The predicted molar refractivity (Wildman–Crippen MR) is 79.1 cm³/mol. The summed E-state index contributed by atoms with van der Waals surface area (Å²) in [6.45, 7) is 3.53. The summed E-state index contributed by atoms with van der Waals surface area (Å²) in [5.41, 5.74) is -0.211. The fourth-order valence-corrected chi connectivity index (χ4v) is 2.09. The van der Waals surface area contributed by atoms with Crippen molar-refractivity contribution in [1.82, 2.24) is 5.32 Å². The first-order chi connectivity index (χ1) is 9.77. The summed E-state index contributed by atoms with van der Waals surface area (Å²) < 4.78 is 0.251. The van der Waals surface area contributed by atoms with Crippen LogP contribution in [0.1, 0.15) is 30.6 Å². The summed E-state index contributed by atoms with van der Waals surface area (Å²) in [5, 5.41) is 22.4. The molecule has 0 aromatic heterocycles. The Balaban J connectivity index is 3.00. The first-order valence-electron chi connectivity index (χ1n) is 6.25. The van der Waals surface area contributed by atoms with Crippen molar-refractivity contribution in [2.24, 2.45) is 5.92 Å². The lowest BCUT2D eigenvalue weighted by Crippen LogP contribution is -2.45. The van der Waals surface area contributed by atoms with E-state index in [9.17, 15) is 19.7 Å². The third kappa shape index (κ3) is 4.25. The van der Waals surface area contributed by atoms with Gasteiger partial charge in [-0.15, -0.1) is 0 Å². The van der Waals surface area contributed by atoms with Crippen LogP contribution in [0.15, 0.2) is 22.7 Å². The fraction of sp³-hybridized carbons (Fsp3) is 0.385. The van der Waals surface area contributed by atoms with Crippen LogP contribution in [-0.4, -0.2) is 27.9 Å². The lowest BCUT2D eigenvalue weighted by atomic mass is 9.99. The average Bonchev–Trinajstić information content (AvgIpc) is 2.43. The van der Waals surface area contributed by atoms with Crippen molar-refractivity contribution in [3.05, 3.63) is 38.3 Å². The normalized spacial score (nSPS) is 13.3.